The maximum absolute atomic E-state index is 6.68. The SMILES string of the molecule is C=CC1CN2CCC1CC2[C@@H](OC(=S)Nc1ccc(OCC)cc1)c1ccnc2ccc(OCCCC)cc12. The van der Waals surface area contributed by atoms with Gasteiger partial charge in [0.15, 0.2) is 0 Å². The molecule has 6 nitrogen and oxygen atoms in total. The molecule has 0 saturated carbocycles. The summed E-state index contributed by atoms with van der Waals surface area (Å²) in [4.78, 5) is 7.21. The second-order valence-electron chi connectivity index (χ2n) is 10.4. The summed E-state index contributed by atoms with van der Waals surface area (Å²) in [5, 5.41) is 4.69. The number of nitrogens with zero attached hydrogens (tertiary/aromatic N) is 2. The number of benzene rings is 2. The Bertz CT molecular complexity index is 1280. The number of unbranched alkanes of at least 4 members (excludes halogenated alkanes) is 1. The fourth-order valence-corrected chi connectivity index (χ4v) is 6.15. The van der Waals surface area contributed by atoms with E-state index in [4.69, 9.17) is 26.4 Å². The Morgan fingerprint density at radius 3 is 2.69 bits per heavy atom. The van der Waals surface area contributed by atoms with Gasteiger partial charge in [0, 0.05) is 29.4 Å². The molecule has 2 aromatic carbocycles. The van der Waals surface area contributed by atoms with Crippen LogP contribution in [0.5, 0.6) is 11.5 Å². The number of anilines is 1. The van der Waals surface area contributed by atoms with Crippen LogP contribution in [0.2, 0.25) is 0 Å². The van der Waals surface area contributed by atoms with E-state index in [1.165, 1.54) is 6.42 Å². The summed E-state index contributed by atoms with van der Waals surface area (Å²) in [5.74, 6) is 2.82. The van der Waals surface area contributed by atoms with Gasteiger partial charge in [-0.1, -0.05) is 19.4 Å². The summed E-state index contributed by atoms with van der Waals surface area (Å²) in [6.45, 7) is 11.7. The van der Waals surface area contributed by atoms with E-state index in [1.54, 1.807) is 0 Å². The molecule has 0 aliphatic carbocycles. The highest BCUT2D eigenvalue weighted by Gasteiger charge is 2.44. The average Bonchev–Trinajstić information content (AvgIpc) is 2.97. The first kappa shape index (κ1) is 27.4. The Morgan fingerprint density at radius 1 is 1.15 bits per heavy atom. The van der Waals surface area contributed by atoms with Crippen molar-refractivity contribution in [3.8, 4) is 11.5 Å². The highest BCUT2D eigenvalue weighted by molar-refractivity contribution is 7.80. The molecule has 6 rings (SSSR count). The van der Waals surface area contributed by atoms with Crippen LogP contribution >= 0.6 is 12.2 Å². The van der Waals surface area contributed by atoms with E-state index < -0.39 is 0 Å². The number of hydrogen-bond acceptors (Lipinski definition) is 6. The van der Waals surface area contributed by atoms with E-state index in [9.17, 15) is 0 Å². The van der Waals surface area contributed by atoms with Crippen LogP contribution < -0.4 is 14.8 Å². The van der Waals surface area contributed by atoms with Crippen molar-refractivity contribution in [3.05, 3.63) is 72.9 Å². The first-order valence-corrected chi connectivity index (χ1v) is 14.6. The molecular formula is C32H39N3O3S. The van der Waals surface area contributed by atoms with Crippen LogP contribution in [0, 0.1) is 11.8 Å². The maximum atomic E-state index is 6.68. The number of fused-ring (bicyclic) bond motifs is 4. The summed E-state index contributed by atoms with van der Waals surface area (Å²) in [7, 11) is 0. The normalized spacial score (nSPS) is 22.7. The lowest BCUT2D eigenvalue weighted by Gasteiger charge is -2.51. The van der Waals surface area contributed by atoms with Gasteiger partial charge in [-0.3, -0.25) is 9.88 Å². The summed E-state index contributed by atoms with van der Waals surface area (Å²) in [5.41, 5.74) is 2.88. The van der Waals surface area contributed by atoms with Gasteiger partial charge in [0.05, 0.1) is 24.8 Å². The molecular weight excluding hydrogens is 506 g/mol. The number of piperidine rings is 3. The van der Waals surface area contributed by atoms with Crippen LogP contribution in [0.3, 0.4) is 0 Å². The van der Waals surface area contributed by atoms with Crippen molar-refractivity contribution in [3.63, 3.8) is 0 Å². The lowest BCUT2D eigenvalue weighted by atomic mass is 9.73. The van der Waals surface area contributed by atoms with Gasteiger partial charge in [-0.15, -0.1) is 6.58 Å². The molecule has 4 unspecified atom stereocenters. The molecule has 7 heteroatoms. The third-order valence-corrected chi connectivity index (χ3v) is 8.17. The highest BCUT2D eigenvalue weighted by Crippen LogP contribution is 2.44. The lowest BCUT2D eigenvalue weighted by Crippen LogP contribution is -2.55. The molecule has 3 saturated heterocycles. The standard InChI is InChI=1S/C32H39N3O3S/c1-4-7-18-37-26-12-13-29-28(20-26)27(14-16-33-29)31(30-19-23-15-17-35(30)21-22(23)5-2)38-32(39)34-24-8-10-25(11-9-24)36-6-3/h5,8-14,16,20,22-23,30-31H,2,4,6-7,15,17-19,21H2,1,3H3,(H,34,39)/t22?,23?,30?,31-/m0/s1. The van der Waals surface area contributed by atoms with Crippen molar-refractivity contribution in [1.82, 2.24) is 9.88 Å². The predicted octanol–water partition coefficient (Wildman–Crippen LogP) is 7.16. The minimum absolute atomic E-state index is 0.204. The Morgan fingerprint density at radius 2 is 1.97 bits per heavy atom. The lowest BCUT2D eigenvalue weighted by molar-refractivity contribution is -0.0386. The topological polar surface area (TPSA) is 55.9 Å². The van der Waals surface area contributed by atoms with Gasteiger partial charge in [-0.25, -0.2) is 0 Å². The van der Waals surface area contributed by atoms with Gasteiger partial charge < -0.3 is 19.5 Å². The van der Waals surface area contributed by atoms with Crippen molar-refractivity contribution >= 4 is 34.0 Å². The molecule has 39 heavy (non-hydrogen) atoms. The van der Waals surface area contributed by atoms with Gasteiger partial charge in [-0.05, 0) is 105 Å². The maximum Gasteiger partial charge on any atom is 0.261 e. The largest absolute Gasteiger partial charge is 0.494 e. The van der Waals surface area contributed by atoms with E-state index in [2.05, 4.69) is 46.9 Å². The second-order valence-corrected chi connectivity index (χ2v) is 10.8. The van der Waals surface area contributed by atoms with Crippen LogP contribution in [0.1, 0.15) is 51.2 Å². The number of nitrogens with one attached hydrogen (secondary N) is 1. The Kier molecular flexibility index (Phi) is 8.99. The minimum Gasteiger partial charge on any atom is -0.494 e. The Hall–Kier alpha value is -3.16. The fourth-order valence-electron chi connectivity index (χ4n) is 5.92. The summed E-state index contributed by atoms with van der Waals surface area (Å²) in [6.07, 6.45) is 8.11. The molecule has 0 radical (unpaired) electrons. The van der Waals surface area contributed by atoms with Crippen molar-refractivity contribution in [2.24, 2.45) is 11.8 Å². The molecule has 3 aromatic rings. The predicted molar refractivity (Wildman–Crippen MR) is 162 cm³/mol. The van der Waals surface area contributed by atoms with Gasteiger partial charge in [-0.2, -0.15) is 0 Å². The van der Waals surface area contributed by atoms with E-state index in [0.29, 0.717) is 30.2 Å². The molecule has 0 spiro atoms. The van der Waals surface area contributed by atoms with E-state index in [1.807, 2.05) is 49.5 Å². The molecule has 1 N–H and O–H groups in total. The van der Waals surface area contributed by atoms with Crippen LogP contribution in [-0.4, -0.2) is 47.4 Å². The molecule has 2 bridgehead atoms. The summed E-state index contributed by atoms with van der Waals surface area (Å²) >= 11 is 5.78. The van der Waals surface area contributed by atoms with Crippen LogP contribution in [0.25, 0.3) is 10.9 Å². The van der Waals surface area contributed by atoms with E-state index >= 15 is 0 Å². The fraction of sp³-hybridized carbons (Fsp3) is 0.438. The highest BCUT2D eigenvalue weighted by atomic mass is 32.1. The zero-order chi connectivity index (χ0) is 27.2. The van der Waals surface area contributed by atoms with Crippen molar-refractivity contribution in [2.75, 3.05) is 31.6 Å². The third-order valence-electron chi connectivity index (χ3n) is 7.97. The van der Waals surface area contributed by atoms with E-state index in [0.717, 1.165) is 66.0 Å². The number of thiocarbonyl (C=S) groups is 1. The summed E-state index contributed by atoms with van der Waals surface area (Å²) < 4.78 is 18.3. The number of aromatic nitrogens is 1. The molecule has 5 atom stereocenters. The minimum atomic E-state index is -0.252. The Labute approximate surface area is 237 Å². The quantitative estimate of drug-likeness (QED) is 0.156. The molecule has 3 aliphatic rings. The zero-order valence-electron chi connectivity index (χ0n) is 23.0. The van der Waals surface area contributed by atoms with Crippen molar-refractivity contribution < 1.29 is 14.2 Å². The molecule has 3 fully saturated rings. The molecule has 3 aliphatic heterocycles. The van der Waals surface area contributed by atoms with Gasteiger partial charge in [0.25, 0.3) is 5.17 Å². The van der Waals surface area contributed by atoms with Crippen molar-refractivity contribution in [1.29, 1.82) is 0 Å². The van der Waals surface area contributed by atoms with E-state index in [-0.39, 0.29) is 12.1 Å². The Balaban J connectivity index is 1.45. The number of ether oxygens (including phenoxy) is 3. The second kappa shape index (κ2) is 12.8. The molecule has 206 valence electrons. The molecule has 0 amide bonds. The van der Waals surface area contributed by atoms with Crippen molar-refractivity contribution in [2.45, 2.75) is 51.7 Å². The molecule has 1 aromatic heterocycles. The first-order chi connectivity index (χ1) is 19.1. The van der Waals surface area contributed by atoms with Gasteiger partial charge in [0.1, 0.15) is 17.6 Å². The average molecular weight is 546 g/mol. The smallest absolute Gasteiger partial charge is 0.261 e. The number of rotatable bonds is 11. The van der Waals surface area contributed by atoms with Crippen LogP contribution in [0.4, 0.5) is 5.69 Å². The zero-order valence-corrected chi connectivity index (χ0v) is 23.8. The van der Waals surface area contributed by atoms with Gasteiger partial charge in [0.2, 0.25) is 0 Å². The van der Waals surface area contributed by atoms with Crippen LogP contribution in [-0.2, 0) is 4.74 Å². The first-order valence-electron chi connectivity index (χ1n) is 14.2. The van der Waals surface area contributed by atoms with Crippen LogP contribution in [0.15, 0.2) is 67.4 Å². The monoisotopic (exact) mass is 545 g/mol. The third kappa shape index (κ3) is 6.36. The summed E-state index contributed by atoms with van der Waals surface area (Å²) in [6, 6.07) is 16.2. The number of pyridine rings is 1. The number of hydrogen-bond donors (Lipinski definition) is 1. The van der Waals surface area contributed by atoms with Gasteiger partial charge >= 0.3 is 0 Å². The molecule has 4 heterocycles.